The number of rotatable bonds is 2. The molecule has 0 aliphatic heterocycles. The summed E-state index contributed by atoms with van der Waals surface area (Å²) in [5.74, 6) is 0. The first kappa shape index (κ1) is 18.9. The van der Waals surface area contributed by atoms with Crippen molar-refractivity contribution in [3.8, 4) is 0 Å². The topological polar surface area (TPSA) is 41.1 Å². The number of carbonyl (C=O) groups is 1. The predicted octanol–water partition coefficient (Wildman–Crippen LogP) is 6.02. The molecule has 0 aliphatic rings. The predicted molar refractivity (Wildman–Crippen MR) is 80.5 cm³/mol. The van der Waals surface area contributed by atoms with Crippen molar-refractivity contribution in [2.75, 3.05) is 10.6 Å². The highest BCUT2D eigenvalue weighted by Crippen LogP contribution is 2.34. The number of anilines is 2. The van der Waals surface area contributed by atoms with Gasteiger partial charge in [0, 0.05) is 5.69 Å². The lowest BCUT2D eigenvalue weighted by atomic mass is 10.2. The van der Waals surface area contributed by atoms with Gasteiger partial charge in [0.2, 0.25) is 0 Å². The lowest BCUT2D eigenvalue weighted by molar-refractivity contribution is -0.138. The first-order chi connectivity index (χ1) is 11.5. The van der Waals surface area contributed by atoms with Crippen molar-refractivity contribution in [2.45, 2.75) is 12.4 Å². The number of benzene rings is 2. The second-order valence-electron chi connectivity index (χ2n) is 4.85. The quantitative estimate of drug-likeness (QED) is 0.612. The van der Waals surface area contributed by atoms with E-state index in [9.17, 15) is 31.1 Å². The van der Waals surface area contributed by atoms with E-state index < -0.39 is 29.5 Å². The van der Waals surface area contributed by atoms with Crippen LogP contribution in [-0.4, -0.2) is 6.03 Å². The molecule has 2 amide bonds. The highest BCUT2D eigenvalue weighted by molar-refractivity contribution is 6.33. The van der Waals surface area contributed by atoms with Gasteiger partial charge in [0.25, 0.3) is 0 Å². The fourth-order valence-corrected chi connectivity index (χ4v) is 2.02. The summed E-state index contributed by atoms with van der Waals surface area (Å²) < 4.78 is 75.8. The third-order valence-electron chi connectivity index (χ3n) is 2.99. The summed E-state index contributed by atoms with van der Waals surface area (Å²) in [5, 5.41) is 4.00. The fraction of sp³-hybridized carbons (Fsp3) is 0.133. The van der Waals surface area contributed by atoms with Crippen LogP contribution < -0.4 is 10.6 Å². The molecule has 0 atom stereocenters. The molecule has 0 heterocycles. The smallest absolute Gasteiger partial charge is 0.308 e. The minimum atomic E-state index is -4.64. The van der Waals surface area contributed by atoms with Crippen LogP contribution in [0, 0.1) is 0 Å². The number of halogens is 7. The maximum atomic E-state index is 12.7. The summed E-state index contributed by atoms with van der Waals surface area (Å²) in [5.41, 5.74) is -2.54. The van der Waals surface area contributed by atoms with Crippen molar-refractivity contribution in [1.82, 2.24) is 0 Å². The van der Waals surface area contributed by atoms with E-state index >= 15 is 0 Å². The molecule has 25 heavy (non-hydrogen) atoms. The van der Waals surface area contributed by atoms with E-state index in [0.29, 0.717) is 12.1 Å². The van der Waals surface area contributed by atoms with E-state index in [4.69, 9.17) is 11.6 Å². The van der Waals surface area contributed by atoms with Crippen LogP contribution in [0.15, 0.2) is 42.5 Å². The molecule has 0 bridgehead atoms. The summed E-state index contributed by atoms with van der Waals surface area (Å²) in [4.78, 5) is 11.8. The van der Waals surface area contributed by atoms with E-state index in [1.165, 1.54) is 6.07 Å². The first-order valence-electron chi connectivity index (χ1n) is 6.59. The van der Waals surface area contributed by atoms with Gasteiger partial charge in [0.15, 0.2) is 0 Å². The zero-order valence-electron chi connectivity index (χ0n) is 12.1. The van der Waals surface area contributed by atoms with Crippen molar-refractivity contribution in [3.63, 3.8) is 0 Å². The Morgan fingerprint density at radius 1 is 0.840 bits per heavy atom. The van der Waals surface area contributed by atoms with Gasteiger partial charge in [-0.3, -0.25) is 0 Å². The zero-order chi connectivity index (χ0) is 18.8. The average molecular weight is 383 g/mol. The molecule has 3 nitrogen and oxygen atoms in total. The minimum Gasteiger partial charge on any atom is -0.308 e. The monoisotopic (exact) mass is 382 g/mol. The Bertz CT molecular complexity index is 788. The minimum absolute atomic E-state index is 0.160. The maximum Gasteiger partial charge on any atom is 0.416 e. The summed E-state index contributed by atoms with van der Waals surface area (Å²) >= 11 is 5.72. The van der Waals surface area contributed by atoms with Crippen molar-refractivity contribution >= 4 is 29.0 Å². The van der Waals surface area contributed by atoms with Crippen LogP contribution in [0.4, 0.5) is 42.5 Å². The molecule has 0 fully saturated rings. The van der Waals surface area contributed by atoms with Crippen LogP contribution in [0.3, 0.4) is 0 Å². The molecule has 10 heteroatoms. The lowest BCUT2D eigenvalue weighted by Gasteiger charge is -2.13. The molecule has 0 unspecified atom stereocenters. The number of urea groups is 1. The molecule has 0 spiro atoms. The van der Waals surface area contributed by atoms with Gasteiger partial charge in [0.05, 0.1) is 21.8 Å². The standard InChI is InChI=1S/C15H9ClF6N2O/c16-11-5-4-9(15(20,21)22)7-12(11)24-13(25)23-10-3-1-2-8(6-10)14(17,18)19/h1-7H,(H2,23,24,25). The SMILES string of the molecule is O=C(Nc1cccc(C(F)(F)F)c1)Nc1cc(C(F)(F)F)ccc1Cl. The summed E-state index contributed by atoms with van der Waals surface area (Å²) in [6.07, 6.45) is -9.24. The zero-order valence-corrected chi connectivity index (χ0v) is 12.9. The maximum absolute atomic E-state index is 12.7. The van der Waals surface area contributed by atoms with Crippen molar-refractivity contribution in [1.29, 1.82) is 0 Å². The summed E-state index contributed by atoms with van der Waals surface area (Å²) in [6, 6.07) is 5.04. The second kappa shape index (κ2) is 6.83. The van der Waals surface area contributed by atoms with Crippen molar-refractivity contribution < 1.29 is 31.1 Å². The first-order valence-corrected chi connectivity index (χ1v) is 6.96. The number of hydrogen-bond acceptors (Lipinski definition) is 1. The average Bonchev–Trinajstić information content (AvgIpc) is 2.47. The van der Waals surface area contributed by atoms with Gasteiger partial charge in [0.1, 0.15) is 0 Å². The number of hydrogen-bond donors (Lipinski definition) is 2. The Hall–Kier alpha value is -2.42. The molecule has 0 radical (unpaired) electrons. The Balaban J connectivity index is 2.16. The van der Waals surface area contributed by atoms with Crippen LogP contribution >= 0.6 is 11.6 Å². The third kappa shape index (κ3) is 5.02. The summed E-state index contributed by atoms with van der Waals surface area (Å²) in [7, 11) is 0. The van der Waals surface area contributed by atoms with Gasteiger partial charge >= 0.3 is 18.4 Å². The van der Waals surface area contributed by atoms with Gasteiger partial charge < -0.3 is 10.6 Å². The van der Waals surface area contributed by atoms with Gasteiger partial charge in [-0.2, -0.15) is 26.3 Å². The van der Waals surface area contributed by atoms with Crippen LogP contribution in [0.2, 0.25) is 5.02 Å². The van der Waals surface area contributed by atoms with E-state index in [-0.39, 0.29) is 16.4 Å². The Morgan fingerprint density at radius 2 is 1.44 bits per heavy atom. The Kier molecular flexibility index (Phi) is 5.17. The fourth-order valence-electron chi connectivity index (χ4n) is 1.86. The van der Waals surface area contributed by atoms with Gasteiger partial charge in [-0.1, -0.05) is 17.7 Å². The molecule has 2 aromatic carbocycles. The number of alkyl halides is 6. The molecule has 2 aromatic rings. The van der Waals surface area contributed by atoms with Crippen LogP contribution in [0.5, 0.6) is 0 Å². The lowest BCUT2D eigenvalue weighted by Crippen LogP contribution is -2.20. The van der Waals surface area contributed by atoms with Crippen molar-refractivity contribution in [2.24, 2.45) is 0 Å². The molecule has 134 valence electrons. The number of nitrogens with one attached hydrogen (secondary N) is 2. The number of amides is 2. The molecular formula is C15H9ClF6N2O. The van der Waals surface area contributed by atoms with E-state index in [2.05, 4.69) is 10.6 Å². The van der Waals surface area contributed by atoms with E-state index in [1.807, 2.05) is 0 Å². The Labute approximate surface area is 142 Å². The molecule has 2 rings (SSSR count). The van der Waals surface area contributed by atoms with Gasteiger partial charge in [-0.25, -0.2) is 4.79 Å². The molecule has 0 saturated heterocycles. The van der Waals surface area contributed by atoms with E-state index in [0.717, 1.165) is 24.3 Å². The molecule has 2 N–H and O–H groups in total. The molecule has 0 saturated carbocycles. The van der Waals surface area contributed by atoms with Gasteiger partial charge in [-0.05, 0) is 36.4 Å². The normalized spacial score (nSPS) is 12.0. The molecular weight excluding hydrogens is 374 g/mol. The second-order valence-corrected chi connectivity index (χ2v) is 5.26. The van der Waals surface area contributed by atoms with E-state index in [1.54, 1.807) is 0 Å². The highest BCUT2D eigenvalue weighted by Gasteiger charge is 2.31. The molecule has 0 aliphatic carbocycles. The Morgan fingerprint density at radius 3 is 2.04 bits per heavy atom. The van der Waals surface area contributed by atoms with Crippen LogP contribution in [0.25, 0.3) is 0 Å². The highest BCUT2D eigenvalue weighted by atomic mass is 35.5. The molecule has 0 aromatic heterocycles. The van der Waals surface area contributed by atoms with Crippen molar-refractivity contribution in [3.05, 3.63) is 58.6 Å². The van der Waals surface area contributed by atoms with Crippen LogP contribution in [-0.2, 0) is 12.4 Å². The summed E-state index contributed by atoms with van der Waals surface area (Å²) in [6.45, 7) is 0. The largest absolute Gasteiger partial charge is 0.416 e. The third-order valence-corrected chi connectivity index (χ3v) is 3.32. The number of carbonyl (C=O) groups excluding carboxylic acids is 1. The van der Waals surface area contributed by atoms with Gasteiger partial charge in [-0.15, -0.1) is 0 Å². The van der Waals surface area contributed by atoms with Crippen LogP contribution in [0.1, 0.15) is 11.1 Å².